The molecular weight excluding hydrogens is 605 g/mol. The van der Waals surface area contributed by atoms with Gasteiger partial charge in [0, 0.05) is 36.0 Å². The predicted molar refractivity (Wildman–Crippen MR) is 169 cm³/mol. The van der Waals surface area contributed by atoms with E-state index in [1.165, 1.54) is 17.4 Å². The molecule has 0 saturated heterocycles. The molecule has 0 aliphatic heterocycles. The molecule has 1 aromatic carbocycles. The molecule has 0 unspecified atom stereocenters. The molecule has 2 saturated carbocycles. The van der Waals surface area contributed by atoms with Crippen LogP contribution in [0.4, 0.5) is 23.7 Å². The summed E-state index contributed by atoms with van der Waals surface area (Å²) in [4.78, 5) is 46.3. The first kappa shape index (κ1) is 34.2. The van der Waals surface area contributed by atoms with E-state index >= 15 is 0 Å². The molecule has 4 rings (SSSR count). The maximum atomic E-state index is 13.6. The minimum atomic E-state index is -4.63. The van der Waals surface area contributed by atoms with E-state index in [1.807, 2.05) is 19.1 Å². The van der Waals surface area contributed by atoms with Crippen LogP contribution in [-0.4, -0.2) is 53.0 Å². The normalized spacial score (nSPS) is 24.0. The fourth-order valence-electron chi connectivity index (χ4n) is 6.13. The third kappa shape index (κ3) is 8.14. The van der Waals surface area contributed by atoms with Gasteiger partial charge in [-0.15, -0.1) is 24.5 Å². The van der Waals surface area contributed by atoms with E-state index in [0.29, 0.717) is 29.2 Å². The Morgan fingerprint density at radius 3 is 2.53 bits per heavy atom. The molecule has 45 heavy (non-hydrogen) atoms. The topological polar surface area (TPSA) is 101 Å². The van der Waals surface area contributed by atoms with Crippen molar-refractivity contribution in [2.24, 2.45) is 17.8 Å². The molecule has 2 N–H and O–H groups in total. The van der Waals surface area contributed by atoms with Gasteiger partial charge in [-0.3, -0.25) is 14.9 Å². The molecule has 2 aromatic rings. The highest BCUT2D eigenvalue weighted by Gasteiger charge is 2.54. The van der Waals surface area contributed by atoms with Crippen molar-refractivity contribution in [3.63, 3.8) is 0 Å². The number of nitrogens with one attached hydrogen (secondary N) is 2. The van der Waals surface area contributed by atoms with Gasteiger partial charge in [0.25, 0.3) is 0 Å². The minimum absolute atomic E-state index is 0.103. The van der Waals surface area contributed by atoms with E-state index in [2.05, 4.69) is 28.8 Å². The van der Waals surface area contributed by atoms with Gasteiger partial charge in [0.1, 0.15) is 6.10 Å². The van der Waals surface area contributed by atoms with Crippen molar-refractivity contribution in [2.45, 2.75) is 76.6 Å². The molecule has 2 fully saturated rings. The van der Waals surface area contributed by atoms with Crippen molar-refractivity contribution < 1.29 is 32.3 Å². The molecular formula is C33H41F3N4O4S. The second-order valence-corrected chi connectivity index (χ2v) is 13.0. The van der Waals surface area contributed by atoms with E-state index in [4.69, 9.17) is 4.74 Å². The highest BCUT2D eigenvalue weighted by atomic mass is 32.1. The summed E-state index contributed by atoms with van der Waals surface area (Å²) in [5.74, 6) is -1.78. The lowest BCUT2D eigenvalue weighted by atomic mass is 9.93. The highest BCUT2D eigenvalue weighted by Crippen LogP contribution is 2.48. The average Bonchev–Trinajstić information content (AvgIpc) is 3.26. The smallest absolute Gasteiger partial charge is 0.416 e. The SMILES string of the molecule is C=CCCCCN(C)C(=O)[C@@H]1C[C@H](OC(=O)Nc2cc(C(F)(F)F)ccc2-c2csc(C)n2)C[C@H]1C(=O)N[C@]1(CC)C[C@H]1C=C. The van der Waals surface area contributed by atoms with Gasteiger partial charge in [-0.05, 0) is 64.0 Å². The number of ether oxygens (including phenoxy) is 1. The van der Waals surface area contributed by atoms with E-state index in [0.717, 1.165) is 37.8 Å². The van der Waals surface area contributed by atoms with Crippen LogP contribution < -0.4 is 10.6 Å². The Hall–Kier alpha value is -3.67. The maximum absolute atomic E-state index is 13.6. The fourth-order valence-corrected chi connectivity index (χ4v) is 6.74. The highest BCUT2D eigenvalue weighted by molar-refractivity contribution is 7.09. The maximum Gasteiger partial charge on any atom is 0.416 e. The number of aryl methyl sites for hydroxylation is 1. The number of amides is 3. The monoisotopic (exact) mass is 646 g/mol. The van der Waals surface area contributed by atoms with Crippen molar-refractivity contribution in [1.29, 1.82) is 0 Å². The summed E-state index contributed by atoms with van der Waals surface area (Å²) in [7, 11) is 1.70. The number of hydrogen-bond donors (Lipinski definition) is 2. The van der Waals surface area contributed by atoms with Crippen molar-refractivity contribution >= 4 is 34.9 Å². The van der Waals surface area contributed by atoms with Crippen molar-refractivity contribution in [3.05, 3.63) is 59.5 Å². The first-order valence-electron chi connectivity index (χ1n) is 15.2. The van der Waals surface area contributed by atoms with Crippen molar-refractivity contribution in [2.75, 3.05) is 18.9 Å². The summed E-state index contributed by atoms with van der Waals surface area (Å²) < 4.78 is 46.3. The van der Waals surface area contributed by atoms with Crippen molar-refractivity contribution in [1.82, 2.24) is 15.2 Å². The largest absolute Gasteiger partial charge is 0.446 e. The summed E-state index contributed by atoms with van der Waals surface area (Å²) in [5.41, 5.74) is -0.703. The Kier molecular flexibility index (Phi) is 10.8. The van der Waals surface area contributed by atoms with Gasteiger partial charge in [-0.25, -0.2) is 9.78 Å². The molecule has 2 aliphatic rings. The summed E-state index contributed by atoms with van der Waals surface area (Å²) in [6.45, 7) is 11.8. The molecule has 5 atom stereocenters. The summed E-state index contributed by atoms with van der Waals surface area (Å²) >= 11 is 1.33. The second kappa shape index (κ2) is 14.2. The number of nitrogens with zero attached hydrogens (tertiary/aromatic N) is 2. The third-order valence-corrected chi connectivity index (χ3v) is 9.65. The van der Waals surface area contributed by atoms with E-state index in [1.54, 1.807) is 24.3 Å². The average molecular weight is 647 g/mol. The molecule has 0 radical (unpaired) electrons. The van der Waals surface area contributed by atoms with Gasteiger partial charge >= 0.3 is 12.3 Å². The number of alkyl halides is 3. The van der Waals surface area contributed by atoms with Crippen LogP contribution in [-0.2, 0) is 20.5 Å². The zero-order valence-corrected chi connectivity index (χ0v) is 26.7. The van der Waals surface area contributed by atoms with Gasteiger partial charge in [0.2, 0.25) is 11.8 Å². The van der Waals surface area contributed by atoms with Crippen LogP contribution in [0, 0.1) is 24.7 Å². The molecule has 0 spiro atoms. The number of anilines is 1. The Morgan fingerprint density at radius 2 is 1.93 bits per heavy atom. The molecule has 1 heterocycles. The number of carbonyl (C=O) groups is 3. The standard InChI is InChI=1S/C33H41F3N4O4S/c1-6-9-10-11-14-40(5)30(42)26-17-23(16-25(26)29(41)39-32(8-3)18-21(32)7-2)44-31(43)38-27-15-22(33(34,35)36)12-13-24(27)28-19-45-20(4)37-28/h6-7,12-13,15,19,21,23,25-26H,1-2,8-11,14,16-18H2,3-5H3,(H,38,43)(H,39,41)/t21-,23-,25-,26-,32-/m1/s1. The zero-order chi connectivity index (χ0) is 32.9. The first-order chi connectivity index (χ1) is 21.3. The van der Waals surface area contributed by atoms with Crippen molar-refractivity contribution in [3.8, 4) is 11.3 Å². The minimum Gasteiger partial charge on any atom is -0.446 e. The van der Waals surface area contributed by atoms with Gasteiger partial charge in [-0.2, -0.15) is 13.2 Å². The first-order valence-corrected chi connectivity index (χ1v) is 16.1. The molecule has 8 nitrogen and oxygen atoms in total. The van der Waals surface area contributed by atoms with Crippen LogP contribution in [0.1, 0.15) is 62.4 Å². The van der Waals surface area contributed by atoms with Crippen LogP contribution in [0.5, 0.6) is 0 Å². The number of rotatable bonds is 13. The van der Waals surface area contributed by atoms with E-state index in [-0.39, 0.29) is 36.3 Å². The number of aromatic nitrogens is 1. The van der Waals surface area contributed by atoms with Gasteiger partial charge in [0.05, 0.1) is 33.8 Å². The molecule has 3 amide bonds. The van der Waals surface area contributed by atoms with E-state index < -0.39 is 41.3 Å². The lowest BCUT2D eigenvalue weighted by molar-refractivity contribution is -0.140. The molecule has 12 heteroatoms. The van der Waals surface area contributed by atoms with Gasteiger partial charge in [-0.1, -0.05) is 25.1 Å². The molecule has 244 valence electrons. The summed E-state index contributed by atoms with van der Waals surface area (Å²) in [5, 5.41) is 8.02. The second-order valence-electron chi connectivity index (χ2n) is 11.9. The number of thiazole rings is 1. The number of carbonyl (C=O) groups excluding carboxylic acids is 3. The Labute approximate surface area is 266 Å². The number of benzene rings is 1. The van der Waals surface area contributed by atoms with Gasteiger partial charge < -0.3 is 15.0 Å². The molecule has 0 bridgehead atoms. The number of halogens is 3. The van der Waals surface area contributed by atoms with Gasteiger partial charge in [0.15, 0.2) is 0 Å². The zero-order valence-electron chi connectivity index (χ0n) is 25.9. The fraction of sp³-hybridized carbons (Fsp3) is 0.515. The number of hydrogen-bond acceptors (Lipinski definition) is 6. The Balaban J connectivity index is 1.51. The van der Waals surface area contributed by atoms with Crippen LogP contribution in [0.25, 0.3) is 11.3 Å². The summed E-state index contributed by atoms with van der Waals surface area (Å²) in [6, 6.07) is 3.05. The predicted octanol–water partition coefficient (Wildman–Crippen LogP) is 7.37. The number of unbranched alkanes of at least 4 members (excludes halogenated alkanes) is 2. The Bertz CT molecular complexity index is 1430. The quantitative estimate of drug-likeness (QED) is 0.175. The summed E-state index contributed by atoms with van der Waals surface area (Å²) in [6.07, 6.45) is 1.44. The van der Waals surface area contributed by atoms with Crippen LogP contribution in [0.2, 0.25) is 0 Å². The molecule has 2 aliphatic carbocycles. The third-order valence-electron chi connectivity index (χ3n) is 8.87. The lowest BCUT2D eigenvalue weighted by Gasteiger charge is -2.26. The van der Waals surface area contributed by atoms with E-state index in [9.17, 15) is 27.6 Å². The van der Waals surface area contributed by atoms with Crippen LogP contribution >= 0.6 is 11.3 Å². The Morgan fingerprint density at radius 1 is 1.20 bits per heavy atom. The molecule has 1 aromatic heterocycles. The lowest BCUT2D eigenvalue weighted by Crippen LogP contribution is -2.45. The number of allylic oxidation sites excluding steroid dienone is 1. The van der Waals surface area contributed by atoms with Crippen LogP contribution in [0.3, 0.4) is 0 Å². The van der Waals surface area contributed by atoms with Crippen LogP contribution in [0.15, 0.2) is 48.9 Å².